The molecule has 0 amide bonds. The van der Waals surface area contributed by atoms with E-state index < -0.39 is 0 Å². The first-order valence-electron chi connectivity index (χ1n) is 5.07. The molecule has 1 aromatic carbocycles. The average Bonchev–Trinajstić information content (AvgIpc) is 2.26. The van der Waals surface area contributed by atoms with Crippen molar-refractivity contribution in [2.45, 2.75) is 23.8 Å². The predicted molar refractivity (Wildman–Crippen MR) is 65.1 cm³/mol. The summed E-state index contributed by atoms with van der Waals surface area (Å²) in [6.45, 7) is 0.398. The Balaban J connectivity index is 2.12. The van der Waals surface area contributed by atoms with Crippen LogP contribution in [0.5, 0.6) is 0 Å². The number of fused-ring (bicyclic) bond motifs is 1. The number of alkyl halides is 1. The second-order valence-electron chi connectivity index (χ2n) is 3.75. The molecule has 1 aromatic rings. The van der Waals surface area contributed by atoms with Crippen molar-refractivity contribution in [2.24, 2.45) is 0 Å². The lowest BCUT2D eigenvalue weighted by molar-refractivity contribution is 0.0737. The summed E-state index contributed by atoms with van der Waals surface area (Å²) in [5, 5.41) is 0. The van der Waals surface area contributed by atoms with Crippen molar-refractivity contribution in [1.29, 1.82) is 0 Å². The van der Waals surface area contributed by atoms with E-state index in [0.717, 1.165) is 12.8 Å². The maximum Gasteiger partial charge on any atom is 0.107 e. The molecule has 0 radical (unpaired) electrons. The largest absolute Gasteiger partial charge is 0.364 e. The molecule has 0 aliphatic heterocycles. The molecule has 0 fully saturated rings. The molecule has 78 valence electrons. The fourth-order valence-electron chi connectivity index (χ4n) is 1.96. The maximum atomic E-state index is 5.62. The molecule has 0 heterocycles. The van der Waals surface area contributed by atoms with E-state index in [1.54, 1.807) is 0 Å². The van der Waals surface area contributed by atoms with E-state index in [9.17, 15) is 0 Å². The van der Waals surface area contributed by atoms with Gasteiger partial charge in [-0.1, -0.05) is 46.1 Å². The zero-order valence-electron chi connectivity index (χ0n) is 8.45. The summed E-state index contributed by atoms with van der Waals surface area (Å²) in [6.07, 6.45) is 7.37. The summed E-state index contributed by atoms with van der Waals surface area (Å²) in [5.41, 5.74) is 2.80. The third kappa shape index (κ3) is 2.42. The highest BCUT2D eigenvalue weighted by Crippen LogP contribution is 2.27. The SMILES string of the molecule is C#CCOC1Cc2ccccc2CC1Br. The van der Waals surface area contributed by atoms with Gasteiger partial charge in [-0.3, -0.25) is 0 Å². The van der Waals surface area contributed by atoms with Crippen LogP contribution >= 0.6 is 15.9 Å². The lowest BCUT2D eigenvalue weighted by Crippen LogP contribution is -2.33. The zero-order valence-corrected chi connectivity index (χ0v) is 10.0. The van der Waals surface area contributed by atoms with E-state index in [2.05, 4.69) is 46.1 Å². The van der Waals surface area contributed by atoms with Crippen molar-refractivity contribution < 1.29 is 4.74 Å². The highest BCUT2D eigenvalue weighted by Gasteiger charge is 2.26. The van der Waals surface area contributed by atoms with Crippen molar-refractivity contribution in [1.82, 2.24) is 0 Å². The highest BCUT2D eigenvalue weighted by molar-refractivity contribution is 9.09. The third-order valence-corrected chi connectivity index (χ3v) is 3.65. The zero-order chi connectivity index (χ0) is 10.7. The van der Waals surface area contributed by atoms with E-state index in [-0.39, 0.29) is 6.10 Å². The Hall–Kier alpha value is -0.780. The Labute approximate surface area is 99.0 Å². The molecule has 0 bridgehead atoms. The molecule has 0 saturated carbocycles. The number of rotatable bonds is 2. The van der Waals surface area contributed by atoms with Crippen molar-refractivity contribution >= 4 is 15.9 Å². The number of benzene rings is 1. The van der Waals surface area contributed by atoms with E-state index in [1.165, 1.54) is 11.1 Å². The Kier molecular flexibility index (Phi) is 3.45. The molecule has 1 nitrogen and oxygen atoms in total. The molecule has 15 heavy (non-hydrogen) atoms. The Morgan fingerprint density at radius 2 is 2.00 bits per heavy atom. The molecular formula is C13H13BrO. The monoisotopic (exact) mass is 264 g/mol. The molecule has 0 aromatic heterocycles. The molecule has 2 heteroatoms. The van der Waals surface area contributed by atoms with Gasteiger partial charge in [-0.15, -0.1) is 6.42 Å². The summed E-state index contributed by atoms with van der Waals surface area (Å²) < 4.78 is 5.62. The average molecular weight is 265 g/mol. The van der Waals surface area contributed by atoms with Crippen LogP contribution in [0.25, 0.3) is 0 Å². The number of terminal acetylenes is 1. The van der Waals surface area contributed by atoms with Crippen LogP contribution < -0.4 is 0 Å². The lowest BCUT2D eigenvalue weighted by atomic mass is 9.90. The van der Waals surface area contributed by atoms with Gasteiger partial charge in [0.1, 0.15) is 6.61 Å². The summed E-state index contributed by atoms with van der Waals surface area (Å²) in [4.78, 5) is 0.376. The molecule has 0 saturated heterocycles. The first-order chi connectivity index (χ1) is 7.31. The number of ether oxygens (including phenoxy) is 1. The van der Waals surface area contributed by atoms with Gasteiger partial charge in [0.15, 0.2) is 0 Å². The van der Waals surface area contributed by atoms with Crippen molar-refractivity contribution in [2.75, 3.05) is 6.61 Å². The van der Waals surface area contributed by atoms with Gasteiger partial charge in [0, 0.05) is 11.2 Å². The standard InChI is InChI=1S/C13H13BrO/c1-2-7-15-13-9-11-6-4-3-5-10(11)8-12(13)14/h1,3-6,12-13H,7-9H2. The lowest BCUT2D eigenvalue weighted by Gasteiger charge is -2.28. The van der Waals surface area contributed by atoms with Gasteiger partial charge in [-0.2, -0.15) is 0 Å². The summed E-state index contributed by atoms with van der Waals surface area (Å²) in [7, 11) is 0. The van der Waals surface area contributed by atoms with Crippen molar-refractivity contribution in [3.63, 3.8) is 0 Å². The Morgan fingerprint density at radius 1 is 1.33 bits per heavy atom. The Morgan fingerprint density at radius 3 is 2.67 bits per heavy atom. The van der Waals surface area contributed by atoms with Crippen LogP contribution in [0.3, 0.4) is 0 Å². The third-order valence-electron chi connectivity index (χ3n) is 2.74. The van der Waals surface area contributed by atoms with Crippen LogP contribution in [0.15, 0.2) is 24.3 Å². The molecule has 2 rings (SSSR count). The second-order valence-corrected chi connectivity index (χ2v) is 4.92. The molecule has 0 N–H and O–H groups in total. The van der Waals surface area contributed by atoms with Crippen LogP contribution in [0.4, 0.5) is 0 Å². The minimum atomic E-state index is 0.205. The van der Waals surface area contributed by atoms with E-state index in [4.69, 9.17) is 11.2 Å². The van der Waals surface area contributed by atoms with Crippen LogP contribution in [-0.2, 0) is 17.6 Å². The minimum absolute atomic E-state index is 0.205. The van der Waals surface area contributed by atoms with Crippen LogP contribution in [0, 0.1) is 12.3 Å². The fraction of sp³-hybridized carbons (Fsp3) is 0.385. The number of hydrogen-bond donors (Lipinski definition) is 0. The summed E-state index contributed by atoms with van der Waals surface area (Å²) in [5.74, 6) is 2.52. The van der Waals surface area contributed by atoms with Crippen LogP contribution in [-0.4, -0.2) is 17.5 Å². The van der Waals surface area contributed by atoms with Gasteiger partial charge in [0.25, 0.3) is 0 Å². The van der Waals surface area contributed by atoms with Gasteiger partial charge < -0.3 is 4.74 Å². The fourth-order valence-corrected chi connectivity index (χ4v) is 2.65. The molecular weight excluding hydrogens is 252 g/mol. The van der Waals surface area contributed by atoms with Crippen molar-refractivity contribution in [3.8, 4) is 12.3 Å². The van der Waals surface area contributed by atoms with Gasteiger partial charge >= 0.3 is 0 Å². The van der Waals surface area contributed by atoms with Crippen LogP contribution in [0.2, 0.25) is 0 Å². The van der Waals surface area contributed by atoms with E-state index in [1.807, 2.05) is 0 Å². The minimum Gasteiger partial charge on any atom is -0.364 e. The van der Waals surface area contributed by atoms with Crippen molar-refractivity contribution in [3.05, 3.63) is 35.4 Å². The van der Waals surface area contributed by atoms with Gasteiger partial charge in [-0.05, 0) is 17.5 Å². The molecule has 2 atom stereocenters. The maximum absolute atomic E-state index is 5.62. The smallest absolute Gasteiger partial charge is 0.107 e. The number of hydrogen-bond acceptors (Lipinski definition) is 1. The quantitative estimate of drug-likeness (QED) is 0.590. The highest BCUT2D eigenvalue weighted by atomic mass is 79.9. The summed E-state index contributed by atoms with van der Waals surface area (Å²) >= 11 is 3.66. The molecule has 2 unspecified atom stereocenters. The molecule has 0 spiro atoms. The Bertz CT molecular complexity index is 380. The topological polar surface area (TPSA) is 9.23 Å². The van der Waals surface area contributed by atoms with Gasteiger partial charge in [0.2, 0.25) is 0 Å². The first-order valence-corrected chi connectivity index (χ1v) is 5.98. The van der Waals surface area contributed by atoms with Crippen LogP contribution in [0.1, 0.15) is 11.1 Å². The molecule has 1 aliphatic rings. The van der Waals surface area contributed by atoms with E-state index in [0.29, 0.717) is 11.4 Å². The predicted octanol–water partition coefficient (Wildman–Crippen LogP) is 2.57. The summed E-state index contributed by atoms with van der Waals surface area (Å²) in [6, 6.07) is 8.51. The first kappa shape index (κ1) is 10.7. The van der Waals surface area contributed by atoms with Gasteiger partial charge in [-0.25, -0.2) is 0 Å². The normalized spacial score (nSPS) is 24.3. The molecule has 1 aliphatic carbocycles. The number of halogens is 1. The van der Waals surface area contributed by atoms with Gasteiger partial charge in [0.05, 0.1) is 6.10 Å². The van der Waals surface area contributed by atoms with E-state index >= 15 is 0 Å². The second kappa shape index (κ2) is 4.83.